The van der Waals surface area contributed by atoms with Gasteiger partial charge in [-0.1, -0.05) is 148 Å². The molecular formula is C56H38Cl2N2. The van der Waals surface area contributed by atoms with Crippen LogP contribution in [-0.2, 0) is 10.8 Å². The van der Waals surface area contributed by atoms with E-state index in [1.807, 2.05) is 12.1 Å². The minimum Gasteiger partial charge on any atom is -0.309 e. The first-order valence-electron chi connectivity index (χ1n) is 20.8. The zero-order valence-electron chi connectivity index (χ0n) is 33.7. The Bertz CT molecular complexity index is 3500. The third kappa shape index (κ3) is 4.40. The van der Waals surface area contributed by atoms with Gasteiger partial charge in [0.25, 0.3) is 0 Å². The molecule has 4 heteroatoms. The molecule has 2 aliphatic rings. The minimum absolute atomic E-state index is 0.132. The zero-order chi connectivity index (χ0) is 40.4. The molecule has 0 N–H and O–H groups in total. The largest absolute Gasteiger partial charge is 0.309 e. The van der Waals surface area contributed by atoms with E-state index in [9.17, 15) is 0 Å². The fourth-order valence-electron chi connectivity index (χ4n) is 11.3. The number of fused-ring (bicyclic) bond motifs is 16. The van der Waals surface area contributed by atoms with Gasteiger partial charge in [0.05, 0.1) is 22.1 Å². The van der Waals surface area contributed by atoms with Crippen LogP contribution in [0.2, 0.25) is 10.0 Å². The number of halogens is 2. The second-order valence-electron chi connectivity index (χ2n) is 18.0. The van der Waals surface area contributed by atoms with Gasteiger partial charge in [-0.3, -0.25) is 0 Å². The van der Waals surface area contributed by atoms with E-state index in [2.05, 4.69) is 182 Å². The lowest BCUT2D eigenvalue weighted by Gasteiger charge is -2.22. The third-order valence-corrected chi connectivity index (χ3v) is 14.7. The van der Waals surface area contributed by atoms with Gasteiger partial charge in [0.1, 0.15) is 0 Å². The van der Waals surface area contributed by atoms with Crippen LogP contribution in [0.25, 0.3) is 98.8 Å². The van der Waals surface area contributed by atoms with Crippen LogP contribution < -0.4 is 0 Å². The summed E-state index contributed by atoms with van der Waals surface area (Å²) in [5.41, 5.74) is 17.5. The van der Waals surface area contributed by atoms with Crippen molar-refractivity contribution in [1.29, 1.82) is 0 Å². The van der Waals surface area contributed by atoms with Crippen LogP contribution in [0.5, 0.6) is 0 Å². The van der Waals surface area contributed by atoms with Crippen molar-refractivity contribution in [2.75, 3.05) is 0 Å². The number of rotatable bonds is 2. The second kappa shape index (κ2) is 11.7. The molecule has 2 nitrogen and oxygen atoms in total. The topological polar surface area (TPSA) is 9.86 Å². The lowest BCUT2D eigenvalue weighted by Crippen LogP contribution is -2.15. The summed E-state index contributed by atoms with van der Waals surface area (Å²) in [4.78, 5) is 0. The van der Waals surface area contributed by atoms with E-state index in [0.717, 1.165) is 32.2 Å². The van der Waals surface area contributed by atoms with Gasteiger partial charge < -0.3 is 9.13 Å². The van der Waals surface area contributed by atoms with Crippen molar-refractivity contribution in [3.05, 3.63) is 190 Å². The normalized spacial score (nSPS) is 14.8. The Morgan fingerprint density at radius 1 is 0.350 bits per heavy atom. The van der Waals surface area contributed by atoms with E-state index >= 15 is 0 Å². The molecule has 0 amide bonds. The summed E-state index contributed by atoms with van der Waals surface area (Å²) in [7, 11) is 0. The summed E-state index contributed by atoms with van der Waals surface area (Å²) in [6.45, 7) is 9.44. The molecule has 0 aliphatic heterocycles. The molecule has 0 radical (unpaired) electrons. The highest BCUT2D eigenvalue weighted by atomic mass is 35.5. The summed E-state index contributed by atoms with van der Waals surface area (Å²) < 4.78 is 5.03. The van der Waals surface area contributed by atoms with Crippen molar-refractivity contribution in [2.45, 2.75) is 38.5 Å². The molecule has 2 heterocycles. The fraction of sp³-hybridized carbons (Fsp3) is 0.107. The van der Waals surface area contributed by atoms with E-state index in [1.54, 1.807) is 0 Å². The lowest BCUT2D eigenvalue weighted by molar-refractivity contribution is 0.660. The van der Waals surface area contributed by atoms with Gasteiger partial charge in [-0.25, -0.2) is 0 Å². The molecule has 2 aromatic heterocycles. The Hall–Kier alpha value is -6.32. The van der Waals surface area contributed by atoms with E-state index in [4.69, 9.17) is 23.2 Å². The van der Waals surface area contributed by atoms with Crippen LogP contribution in [0.15, 0.2) is 158 Å². The average Bonchev–Trinajstić information content (AvgIpc) is 3.91. The first-order chi connectivity index (χ1) is 29.1. The summed E-state index contributed by atoms with van der Waals surface area (Å²) in [6.07, 6.45) is 0. The number of nitrogens with zero attached hydrogens (tertiary/aromatic N) is 2. The molecule has 2 aliphatic carbocycles. The third-order valence-electron chi connectivity index (χ3n) is 14.2. The highest BCUT2D eigenvalue weighted by molar-refractivity contribution is 6.33. The van der Waals surface area contributed by atoms with E-state index < -0.39 is 0 Å². The van der Waals surface area contributed by atoms with Gasteiger partial charge in [-0.15, -0.1) is 0 Å². The van der Waals surface area contributed by atoms with Crippen molar-refractivity contribution >= 4 is 88.4 Å². The maximum Gasteiger partial charge on any atom is 0.0619 e. The number of hydrogen-bond acceptors (Lipinski definition) is 0. The van der Waals surface area contributed by atoms with Crippen molar-refractivity contribution in [3.8, 4) is 33.6 Å². The van der Waals surface area contributed by atoms with Crippen LogP contribution >= 0.6 is 23.2 Å². The first kappa shape index (κ1) is 34.5. The minimum atomic E-state index is -0.132. The maximum atomic E-state index is 6.64. The van der Waals surface area contributed by atoms with Gasteiger partial charge in [-0.2, -0.15) is 0 Å². The lowest BCUT2D eigenvalue weighted by atomic mass is 9.82. The van der Waals surface area contributed by atoms with Gasteiger partial charge in [-0.05, 0) is 116 Å². The standard InChI is InChI=1S/C56H38Cl2N2/c1-55(2)47-11-7-5-9-39(47)41-23-17-35(27-49(41)55)59-51-29-46-44-20-14-32-26-34(58)16-22-38(32)54(44)60(36-18-24-42-40-10-6-8-12-48(40)56(3,4)50(42)28-36)52(46)30-45(51)43-19-13-31-25-33(57)15-21-37(31)53(43)59/h5-30H,1-4H3. The maximum absolute atomic E-state index is 6.64. The molecular weight excluding hydrogens is 772 g/mol. The van der Waals surface area contributed by atoms with Crippen LogP contribution in [0.3, 0.4) is 0 Å². The van der Waals surface area contributed by atoms with E-state index in [-0.39, 0.29) is 10.8 Å². The summed E-state index contributed by atoms with van der Waals surface area (Å²) in [6, 6.07) is 58.5. The average molecular weight is 810 g/mol. The van der Waals surface area contributed by atoms with Crippen LogP contribution in [-0.4, -0.2) is 9.13 Å². The second-order valence-corrected chi connectivity index (χ2v) is 18.9. The zero-order valence-corrected chi connectivity index (χ0v) is 35.2. The SMILES string of the molecule is CC1(C)c2ccccc2-c2ccc(-n3c4cc5c6ccc7cc(Cl)ccc7c6n(-c6ccc7c(c6)C(C)(C)c6ccccc6-7)c5cc4c4ccc5cc(Cl)ccc5c43)cc21. The predicted octanol–water partition coefficient (Wildman–Crippen LogP) is 16.1. The Kier molecular flexibility index (Phi) is 6.73. The van der Waals surface area contributed by atoms with Crippen LogP contribution in [0, 0.1) is 0 Å². The van der Waals surface area contributed by atoms with Crippen molar-refractivity contribution in [2.24, 2.45) is 0 Å². The summed E-state index contributed by atoms with van der Waals surface area (Å²) >= 11 is 13.3. The molecule has 0 unspecified atom stereocenters. The van der Waals surface area contributed by atoms with Crippen molar-refractivity contribution in [3.63, 3.8) is 0 Å². The molecule has 0 saturated heterocycles. The van der Waals surface area contributed by atoms with Crippen LogP contribution in [0.1, 0.15) is 49.9 Å². The number of hydrogen-bond donors (Lipinski definition) is 0. The molecule has 13 rings (SSSR count). The monoisotopic (exact) mass is 808 g/mol. The molecule has 11 aromatic rings. The Morgan fingerprint density at radius 3 is 1.20 bits per heavy atom. The van der Waals surface area contributed by atoms with E-state index in [0.29, 0.717) is 0 Å². The first-order valence-corrected chi connectivity index (χ1v) is 21.6. The molecule has 286 valence electrons. The Labute approximate surface area is 357 Å². The highest BCUT2D eigenvalue weighted by Gasteiger charge is 2.37. The molecule has 0 atom stereocenters. The highest BCUT2D eigenvalue weighted by Crippen LogP contribution is 2.52. The summed E-state index contributed by atoms with van der Waals surface area (Å²) in [5.74, 6) is 0. The van der Waals surface area contributed by atoms with Crippen molar-refractivity contribution in [1.82, 2.24) is 9.13 Å². The van der Waals surface area contributed by atoms with Gasteiger partial charge in [0.15, 0.2) is 0 Å². The molecule has 0 fully saturated rings. The Morgan fingerprint density at radius 2 is 0.750 bits per heavy atom. The predicted molar refractivity (Wildman–Crippen MR) is 255 cm³/mol. The number of benzene rings is 9. The smallest absolute Gasteiger partial charge is 0.0619 e. The summed E-state index contributed by atoms with van der Waals surface area (Å²) in [5, 5.41) is 10.9. The molecule has 9 aromatic carbocycles. The van der Waals surface area contributed by atoms with Gasteiger partial charge >= 0.3 is 0 Å². The van der Waals surface area contributed by atoms with Gasteiger partial charge in [0.2, 0.25) is 0 Å². The molecule has 0 spiro atoms. The van der Waals surface area contributed by atoms with Gasteiger partial charge in [0, 0.05) is 64.6 Å². The fourth-order valence-corrected chi connectivity index (χ4v) is 11.7. The molecule has 0 saturated carbocycles. The van der Waals surface area contributed by atoms with Crippen LogP contribution in [0.4, 0.5) is 0 Å². The molecule has 60 heavy (non-hydrogen) atoms. The Balaban J connectivity index is 1.16. The number of aromatic nitrogens is 2. The van der Waals surface area contributed by atoms with Crippen molar-refractivity contribution < 1.29 is 0 Å². The van der Waals surface area contributed by atoms with E-state index in [1.165, 1.54) is 98.9 Å². The quantitative estimate of drug-likeness (QED) is 0.165. The molecule has 0 bridgehead atoms.